The zero-order valence-electron chi connectivity index (χ0n) is 15.8. The van der Waals surface area contributed by atoms with Gasteiger partial charge in [-0.1, -0.05) is 20.8 Å². The number of hydrogen-bond donors (Lipinski definition) is 0. The van der Waals surface area contributed by atoms with Crippen LogP contribution in [-0.2, 0) is 14.2 Å². The smallest absolute Gasteiger partial charge is 0.410 e. The Labute approximate surface area is 141 Å². The van der Waals surface area contributed by atoms with Crippen LogP contribution in [0.2, 0.25) is 0 Å². The predicted octanol–water partition coefficient (Wildman–Crippen LogP) is 3.86. The van der Waals surface area contributed by atoms with Crippen molar-refractivity contribution in [1.82, 2.24) is 4.90 Å². The van der Waals surface area contributed by atoms with Gasteiger partial charge in [0.25, 0.3) is 0 Å². The van der Waals surface area contributed by atoms with Gasteiger partial charge in [-0.2, -0.15) is 0 Å². The quantitative estimate of drug-likeness (QED) is 0.635. The second kappa shape index (κ2) is 8.88. The molecule has 1 atom stereocenters. The van der Waals surface area contributed by atoms with Crippen LogP contribution < -0.4 is 0 Å². The lowest BCUT2D eigenvalue weighted by molar-refractivity contribution is -0.0646. The third-order valence-corrected chi connectivity index (χ3v) is 4.09. The van der Waals surface area contributed by atoms with E-state index < -0.39 is 5.60 Å². The van der Waals surface area contributed by atoms with E-state index in [1.807, 2.05) is 20.8 Å². The van der Waals surface area contributed by atoms with E-state index in [4.69, 9.17) is 14.2 Å². The molecule has 5 nitrogen and oxygen atoms in total. The molecule has 0 aliphatic carbocycles. The Morgan fingerprint density at radius 1 is 1.22 bits per heavy atom. The topological polar surface area (TPSA) is 48.0 Å². The number of rotatable bonds is 8. The first kappa shape index (κ1) is 20.2. The summed E-state index contributed by atoms with van der Waals surface area (Å²) < 4.78 is 17.1. The van der Waals surface area contributed by atoms with E-state index in [9.17, 15) is 4.79 Å². The van der Waals surface area contributed by atoms with Crippen LogP contribution in [0.4, 0.5) is 4.79 Å². The number of carbonyl (C=O) groups excluding carboxylic acids is 1. The summed E-state index contributed by atoms with van der Waals surface area (Å²) in [5.74, 6) is 0.662. The van der Waals surface area contributed by atoms with Gasteiger partial charge in [0, 0.05) is 13.2 Å². The third kappa shape index (κ3) is 7.53. The van der Waals surface area contributed by atoms with Crippen molar-refractivity contribution in [1.29, 1.82) is 0 Å². The maximum Gasteiger partial charge on any atom is 0.410 e. The lowest BCUT2D eigenvalue weighted by atomic mass is 10.00. The predicted molar refractivity (Wildman–Crippen MR) is 91.7 cm³/mol. The number of nitrogens with zero attached hydrogens (tertiary/aromatic N) is 1. The highest BCUT2D eigenvalue weighted by molar-refractivity contribution is 5.68. The Kier molecular flexibility index (Phi) is 7.81. The van der Waals surface area contributed by atoms with Gasteiger partial charge in [0.15, 0.2) is 0 Å². The van der Waals surface area contributed by atoms with Crippen molar-refractivity contribution >= 4 is 6.09 Å². The molecule has 1 aliphatic rings. The second-order valence-electron chi connectivity index (χ2n) is 7.83. The number of likely N-dealkylation sites (tertiary alicyclic amines) is 1. The van der Waals surface area contributed by atoms with Crippen molar-refractivity contribution in [3.05, 3.63) is 0 Å². The average molecular weight is 329 g/mol. The van der Waals surface area contributed by atoms with Crippen molar-refractivity contribution in [2.45, 2.75) is 72.0 Å². The zero-order valence-corrected chi connectivity index (χ0v) is 15.8. The summed E-state index contributed by atoms with van der Waals surface area (Å²) >= 11 is 0. The Hall–Kier alpha value is -0.810. The van der Waals surface area contributed by atoms with Gasteiger partial charge in [0.05, 0.1) is 25.4 Å². The molecule has 1 rings (SSSR count). The molecule has 1 saturated heterocycles. The SMILES string of the molecule is CCC1(OCCOCCC(C)C)CCN(C(=O)OC(C)(C)C)C1. The molecule has 1 heterocycles. The van der Waals surface area contributed by atoms with Crippen LogP contribution in [0.5, 0.6) is 0 Å². The fourth-order valence-corrected chi connectivity index (χ4v) is 2.57. The zero-order chi connectivity index (χ0) is 17.5. The van der Waals surface area contributed by atoms with Crippen molar-refractivity contribution in [2.75, 3.05) is 32.9 Å². The van der Waals surface area contributed by atoms with Gasteiger partial charge in [-0.05, 0) is 46.0 Å². The molecule has 1 amide bonds. The lowest BCUT2D eigenvalue weighted by Gasteiger charge is -2.29. The summed E-state index contributed by atoms with van der Waals surface area (Å²) in [7, 11) is 0. The fraction of sp³-hybridized carbons (Fsp3) is 0.944. The van der Waals surface area contributed by atoms with Crippen LogP contribution in [0.1, 0.15) is 60.8 Å². The molecule has 0 N–H and O–H groups in total. The molecular formula is C18H35NO4. The molecule has 0 saturated carbocycles. The first-order valence-corrected chi connectivity index (χ1v) is 8.87. The summed E-state index contributed by atoms with van der Waals surface area (Å²) in [6.07, 6.45) is 2.57. The maximum absolute atomic E-state index is 12.2. The van der Waals surface area contributed by atoms with Crippen LogP contribution in [0.25, 0.3) is 0 Å². The van der Waals surface area contributed by atoms with Gasteiger partial charge in [0.2, 0.25) is 0 Å². The molecule has 1 unspecified atom stereocenters. The number of amides is 1. The minimum atomic E-state index is -0.459. The minimum absolute atomic E-state index is 0.246. The summed E-state index contributed by atoms with van der Waals surface area (Å²) in [5, 5.41) is 0. The lowest BCUT2D eigenvalue weighted by Crippen LogP contribution is -2.40. The summed E-state index contributed by atoms with van der Waals surface area (Å²) in [5.41, 5.74) is -0.710. The fourth-order valence-electron chi connectivity index (χ4n) is 2.57. The van der Waals surface area contributed by atoms with Crippen molar-refractivity contribution < 1.29 is 19.0 Å². The van der Waals surface area contributed by atoms with Crippen LogP contribution in [0.3, 0.4) is 0 Å². The van der Waals surface area contributed by atoms with E-state index in [1.54, 1.807) is 4.90 Å². The first-order valence-electron chi connectivity index (χ1n) is 8.87. The Balaban J connectivity index is 2.34. The van der Waals surface area contributed by atoms with Gasteiger partial charge in [-0.3, -0.25) is 0 Å². The van der Waals surface area contributed by atoms with Gasteiger partial charge in [-0.25, -0.2) is 4.79 Å². The minimum Gasteiger partial charge on any atom is -0.444 e. The molecule has 5 heteroatoms. The molecule has 136 valence electrons. The van der Waals surface area contributed by atoms with E-state index >= 15 is 0 Å². The highest BCUT2D eigenvalue weighted by Crippen LogP contribution is 2.29. The van der Waals surface area contributed by atoms with Crippen LogP contribution in [0, 0.1) is 5.92 Å². The normalized spacial score (nSPS) is 22.0. The van der Waals surface area contributed by atoms with Crippen LogP contribution >= 0.6 is 0 Å². The highest BCUT2D eigenvalue weighted by atomic mass is 16.6. The van der Waals surface area contributed by atoms with E-state index in [2.05, 4.69) is 20.8 Å². The first-order chi connectivity index (χ1) is 10.7. The number of carbonyl (C=O) groups is 1. The molecule has 1 fully saturated rings. The monoisotopic (exact) mass is 329 g/mol. The second-order valence-corrected chi connectivity index (χ2v) is 7.83. The summed E-state index contributed by atoms with van der Waals surface area (Å²) in [6, 6.07) is 0. The van der Waals surface area contributed by atoms with Crippen LogP contribution in [0.15, 0.2) is 0 Å². The summed E-state index contributed by atoms with van der Waals surface area (Å²) in [4.78, 5) is 13.9. The van der Waals surface area contributed by atoms with E-state index in [1.165, 1.54) is 0 Å². The Bertz CT molecular complexity index is 365. The summed E-state index contributed by atoms with van der Waals surface area (Å²) in [6.45, 7) is 15.4. The molecule has 0 bridgehead atoms. The van der Waals surface area contributed by atoms with Crippen LogP contribution in [-0.4, -0.2) is 55.1 Å². The van der Waals surface area contributed by atoms with Crippen molar-refractivity contribution in [2.24, 2.45) is 5.92 Å². The maximum atomic E-state index is 12.2. The highest BCUT2D eigenvalue weighted by Gasteiger charge is 2.40. The molecule has 0 aromatic carbocycles. The number of hydrogen-bond acceptors (Lipinski definition) is 4. The molecule has 0 radical (unpaired) electrons. The van der Waals surface area contributed by atoms with E-state index in [0.717, 1.165) is 25.9 Å². The average Bonchev–Trinajstić information content (AvgIpc) is 2.86. The molecule has 23 heavy (non-hydrogen) atoms. The molecule has 1 aliphatic heterocycles. The van der Waals surface area contributed by atoms with Crippen molar-refractivity contribution in [3.63, 3.8) is 0 Å². The molecule has 0 aromatic heterocycles. The number of ether oxygens (including phenoxy) is 3. The van der Waals surface area contributed by atoms with Gasteiger partial charge in [0.1, 0.15) is 5.60 Å². The Morgan fingerprint density at radius 3 is 2.48 bits per heavy atom. The van der Waals surface area contributed by atoms with Gasteiger partial charge < -0.3 is 19.1 Å². The standard InChI is InChI=1S/C18H35NO4/c1-7-18(22-13-12-21-11-8-15(2)3)9-10-19(14-18)16(20)23-17(4,5)6/h15H,7-14H2,1-6H3. The molecular weight excluding hydrogens is 294 g/mol. The largest absolute Gasteiger partial charge is 0.444 e. The van der Waals surface area contributed by atoms with Gasteiger partial charge >= 0.3 is 6.09 Å². The third-order valence-electron chi connectivity index (χ3n) is 4.09. The van der Waals surface area contributed by atoms with E-state index in [0.29, 0.717) is 32.2 Å². The van der Waals surface area contributed by atoms with Gasteiger partial charge in [-0.15, -0.1) is 0 Å². The van der Waals surface area contributed by atoms with Crippen molar-refractivity contribution in [3.8, 4) is 0 Å². The Morgan fingerprint density at radius 2 is 1.91 bits per heavy atom. The molecule has 0 spiro atoms. The molecule has 0 aromatic rings. The van der Waals surface area contributed by atoms with E-state index in [-0.39, 0.29) is 11.7 Å².